The van der Waals surface area contributed by atoms with Gasteiger partial charge in [0, 0.05) is 18.1 Å². The summed E-state index contributed by atoms with van der Waals surface area (Å²) in [6, 6.07) is 10.6. The molecule has 2 aromatic carbocycles. The number of hydrogen-bond acceptors (Lipinski definition) is 5. The first-order valence-electron chi connectivity index (χ1n) is 11.1. The summed E-state index contributed by atoms with van der Waals surface area (Å²) in [6.45, 7) is 3.70. The molecular formula is C24H31Cl2N3O5S. The highest BCUT2D eigenvalue weighted by molar-refractivity contribution is 7.92. The van der Waals surface area contributed by atoms with Crippen molar-refractivity contribution in [2.45, 2.75) is 39.3 Å². The third-order valence-electron chi connectivity index (χ3n) is 5.34. The van der Waals surface area contributed by atoms with Gasteiger partial charge in [0.1, 0.15) is 18.3 Å². The molecule has 0 radical (unpaired) electrons. The van der Waals surface area contributed by atoms with Gasteiger partial charge in [0.15, 0.2) is 0 Å². The average Bonchev–Trinajstić information content (AvgIpc) is 2.81. The lowest BCUT2D eigenvalue weighted by molar-refractivity contribution is -0.140. The molecule has 0 aliphatic heterocycles. The fourth-order valence-corrected chi connectivity index (χ4v) is 4.81. The number of nitrogens with one attached hydrogen (secondary N) is 1. The first-order valence-corrected chi connectivity index (χ1v) is 13.8. The largest absolute Gasteiger partial charge is 0.495 e. The summed E-state index contributed by atoms with van der Waals surface area (Å²) in [6.07, 6.45) is 2.07. The highest BCUT2D eigenvalue weighted by Crippen LogP contribution is 2.30. The number of sulfonamides is 1. The topological polar surface area (TPSA) is 96.0 Å². The van der Waals surface area contributed by atoms with Crippen LogP contribution >= 0.6 is 23.2 Å². The van der Waals surface area contributed by atoms with E-state index in [9.17, 15) is 18.0 Å². The number of carbonyl (C=O) groups excluding carboxylic acids is 2. The molecule has 0 aromatic heterocycles. The molecule has 1 unspecified atom stereocenters. The summed E-state index contributed by atoms with van der Waals surface area (Å²) < 4.78 is 31.4. The Morgan fingerprint density at radius 2 is 1.77 bits per heavy atom. The third kappa shape index (κ3) is 7.75. The van der Waals surface area contributed by atoms with E-state index in [4.69, 9.17) is 27.9 Å². The van der Waals surface area contributed by atoms with Crippen molar-refractivity contribution in [3.8, 4) is 5.75 Å². The third-order valence-corrected chi connectivity index (χ3v) is 7.14. The Labute approximate surface area is 217 Å². The van der Waals surface area contributed by atoms with Gasteiger partial charge in [-0.25, -0.2) is 8.42 Å². The van der Waals surface area contributed by atoms with E-state index in [1.807, 2.05) is 6.92 Å². The van der Waals surface area contributed by atoms with Crippen molar-refractivity contribution in [1.29, 1.82) is 0 Å². The maximum Gasteiger partial charge on any atom is 0.244 e. The summed E-state index contributed by atoms with van der Waals surface area (Å²) in [5.74, 6) is -0.497. The summed E-state index contributed by atoms with van der Waals surface area (Å²) in [7, 11) is -2.43. The molecule has 0 saturated heterocycles. The number of halogens is 2. The zero-order valence-corrected chi connectivity index (χ0v) is 22.6. The number of carbonyl (C=O) groups is 2. The van der Waals surface area contributed by atoms with Gasteiger partial charge in [-0.15, -0.1) is 0 Å². The Hall–Kier alpha value is -2.49. The van der Waals surface area contributed by atoms with Crippen LogP contribution in [-0.2, 0) is 26.2 Å². The van der Waals surface area contributed by atoms with E-state index in [1.54, 1.807) is 31.2 Å². The van der Waals surface area contributed by atoms with Gasteiger partial charge in [-0.3, -0.25) is 13.9 Å². The number of rotatable bonds is 12. The molecule has 0 heterocycles. The van der Waals surface area contributed by atoms with Crippen molar-refractivity contribution >= 4 is 50.7 Å². The van der Waals surface area contributed by atoms with Gasteiger partial charge in [-0.1, -0.05) is 55.2 Å². The van der Waals surface area contributed by atoms with Crippen LogP contribution < -0.4 is 14.4 Å². The van der Waals surface area contributed by atoms with Crippen molar-refractivity contribution in [3.05, 3.63) is 58.1 Å². The van der Waals surface area contributed by atoms with Crippen LogP contribution in [0, 0.1) is 0 Å². The lowest BCUT2D eigenvalue weighted by Crippen LogP contribution is -2.52. The van der Waals surface area contributed by atoms with Crippen LogP contribution in [0.2, 0.25) is 10.0 Å². The number of hydrogen-bond donors (Lipinski definition) is 1. The molecule has 0 aliphatic rings. The van der Waals surface area contributed by atoms with Gasteiger partial charge in [0.2, 0.25) is 21.8 Å². The summed E-state index contributed by atoms with van der Waals surface area (Å²) in [4.78, 5) is 27.9. The maximum absolute atomic E-state index is 13.6. The summed E-state index contributed by atoms with van der Waals surface area (Å²) in [5, 5.41) is 3.46. The smallest absolute Gasteiger partial charge is 0.244 e. The number of nitrogens with zero attached hydrogens (tertiary/aromatic N) is 2. The second-order valence-corrected chi connectivity index (χ2v) is 10.6. The zero-order chi connectivity index (χ0) is 26.2. The molecule has 1 N–H and O–H groups in total. The van der Waals surface area contributed by atoms with Crippen molar-refractivity contribution in [1.82, 2.24) is 10.2 Å². The predicted octanol–water partition coefficient (Wildman–Crippen LogP) is 4.10. The highest BCUT2D eigenvalue weighted by Gasteiger charge is 2.32. The van der Waals surface area contributed by atoms with E-state index >= 15 is 0 Å². The van der Waals surface area contributed by atoms with Gasteiger partial charge in [-0.05, 0) is 42.7 Å². The van der Waals surface area contributed by atoms with Crippen LogP contribution in [0.1, 0.15) is 32.3 Å². The van der Waals surface area contributed by atoms with Gasteiger partial charge in [0.05, 0.1) is 24.1 Å². The number of anilines is 1. The van der Waals surface area contributed by atoms with Gasteiger partial charge in [-0.2, -0.15) is 0 Å². The highest BCUT2D eigenvalue weighted by atomic mass is 35.5. The van der Waals surface area contributed by atoms with E-state index in [0.717, 1.165) is 17.0 Å². The van der Waals surface area contributed by atoms with Crippen molar-refractivity contribution in [2.24, 2.45) is 0 Å². The molecule has 8 nitrogen and oxygen atoms in total. The van der Waals surface area contributed by atoms with Crippen LogP contribution in [-0.4, -0.2) is 57.6 Å². The first kappa shape index (κ1) is 28.7. The Kier molecular flexibility index (Phi) is 10.7. The minimum Gasteiger partial charge on any atom is -0.495 e. The molecule has 0 saturated carbocycles. The molecule has 192 valence electrons. The van der Waals surface area contributed by atoms with Crippen molar-refractivity contribution in [3.63, 3.8) is 0 Å². The number of amides is 2. The molecule has 2 rings (SSSR count). The maximum atomic E-state index is 13.6. The summed E-state index contributed by atoms with van der Waals surface area (Å²) >= 11 is 12.5. The lowest BCUT2D eigenvalue weighted by atomic mass is 10.1. The van der Waals surface area contributed by atoms with Gasteiger partial charge >= 0.3 is 0 Å². The van der Waals surface area contributed by atoms with E-state index in [-0.39, 0.29) is 23.2 Å². The second-order valence-electron chi connectivity index (χ2n) is 7.92. The first-order chi connectivity index (χ1) is 16.5. The monoisotopic (exact) mass is 543 g/mol. The molecule has 0 bridgehead atoms. The summed E-state index contributed by atoms with van der Waals surface area (Å²) in [5.41, 5.74) is 0.843. The van der Waals surface area contributed by atoms with Crippen LogP contribution in [0.4, 0.5) is 5.69 Å². The van der Waals surface area contributed by atoms with Gasteiger partial charge < -0.3 is 15.0 Å². The zero-order valence-electron chi connectivity index (χ0n) is 20.3. The van der Waals surface area contributed by atoms with E-state index < -0.39 is 28.5 Å². The molecule has 2 amide bonds. The molecule has 0 fully saturated rings. The SMILES string of the molecule is CCCNC(=O)C(CC)N(Cc1ccccc1Cl)C(=O)CN(c1ccc(OC)c(Cl)c1)S(C)(=O)=O. The molecule has 2 aromatic rings. The van der Waals surface area contributed by atoms with E-state index in [2.05, 4.69) is 5.32 Å². The Bertz CT molecular complexity index is 1140. The Morgan fingerprint density at radius 1 is 1.09 bits per heavy atom. The number of benzene rings is 2. The van der Waals surface area contributed by atoms with Crippen LogP contribution in [0.25, 0.3) is 0 Å². The fraction of sp³-hybridized carbons (Fsp3) is 0.417. The quantitative estimate of drug-likeness (QED) is 0.434. The molecule has 35 heavy (non-hydrogen) atoms. The number of ether oxygens (including phenoxy) is 1. The lowest BCUT2D eigenvalue weighted by Gasteiger charge is -2.33. The van der Waals surface area contributed by atoms with Crippen LogP contribution in [0.5, 0.6) is 5.75 Å². The normalized spacial score (nSPS) is 12.1. The Balaban J connectivity index is 2.46. The van der Waals surface area contributed by atoms with Crippen LogP contribution in [0.15, 0.2) is 42.5 Å². The molecule has 1 atom stereocenters. The molecule has 11 heteroatoms. The fourth-order valence-electron chi connectivity index (χ4n) is 3.52. The second kappa shape index (κ2) is 13.0. The molecule has 0 spiro atoms. The number of methoxy groups -OCH3 is 1. The van der Waals surface area contributed by atoms with Gasteiger partial charge in [0.25, 0.3) is 0 Å². The standard InChI is InChI=1S/C24H31Cl2N3O5S/c1-5-13-27-24(31)21(6-2)28(15-17-9-7-8-10-19(17)25)23(30)16-29(35(4,32)33)18-11-12-22(34-3)20(26)14-18/h7-12,14,21H,5-6,13,15-16H2,1-4H3,(H,27,31). The van der Waals surface area contributed by atoms with E-state index in [1.165, 1.54) is 30.2 Å². The van der Waals surface area contributed by atoms with E-state index in [0.29, 0.717) is 29.3 Å². The Morgan fingerprint density at radius 3 is 2.31 bits per heavy atom. The minimum absolute atomic E-state index is 0.0392. The average molecular weight is 545 g/mol. The predicted molar refractivity (Wildman–Crippen MR) is 140 cm³/mol. The van der Waals surface area contributed by atoms with Crippen molar-refractivity contribution < 1.29 is 22.7 Å². The minimum atomic E-state index is -3.87. The van der Waals surface area contributed by atoms with Crippen LogP contribution in [0.3, 0.4) is 0 Å². The molecule has 0 aliphatic carbocycles. The van der Waals surface area contributed by atoms with Crippen molar-refractivity contribution in [2.75, 3.05) is 30.8 Å². The molecular weight excluding hydrogens is 513 g/mol.